The number of nitrogens with zero attached hydrogens (tertiary/aromatic N) is 2. The number of nitrogens with two attached hydrogens (primary N) is 1. The molecule has 0 saturated carbocycles. The molecule has 1 amide bonds. The van der Waals surface area contributed by atoms with Gasteiger partial charge in [-0.2, -0.15) is 0 Å². The summed E-state index contributed by atoms with van der Waals surface area (Å²) in [5.41, 5.74) is 11.5. The van der Waals surface area contributed by atoms with E-state index in [0.717, 1.165) is 28.9 Å². The molecule has 0 aliphatic heterocycles. The number of carbonyl (C=O) groups is 1. The molecule has 2 aromatic carbocycles. The Hall–Kier alpha value is -3.90. The van der Waals surface area contributed by atoms with E-state index in [9.17, 15) is 4.79 Å². The van der Waals surface area contributed by atoms with Crippen LogP contribution in [0, 0.1) is 0 Å². The highest BCUT2D eigenvalue weighted by Crippen LogP contribution is 2.34. The van der Waals surface area contributed by atoms with Gasteiger partial charge in [-0.15, -0.1) is 0 Å². The first-order chi connectivity index (χ1) is 17.0. The van der Waals surface area contributed by atoms with Gasteiger partial charge in [-0.05, 0) is 53.0 Å². The van der Waals surface area contributed by atoms with Crippen LogP contribution in [-0.4, -0.2) is 49.6 Å². The molecule has 3 rings (SSSR count). The number of likely N-dealkylation sites (N-methyl/N-ethyl adjacent to an activating group) is 1. The fourth-order valence-electron chi connectivity index (χ4n) is 3.69. The number of hydrogen-bond acceptors (Lipinski definition) is 5. The minimum Gasteiger partial charge on any atom is -0.492 e. The lowest BCUT2D eigenvalue weighted by Gasteiger charge is -2.17. The second-order valence-corrected chi connectivity index (χ2v) is 8.26. The van der Waals surface area contributed by atoms with Gasteiger partial charge in [0.25, 0.3) is 0 Å². The molecule has 0 bridgehead atoms. The Labute approximate surface area is 208 Å². The van der Waals surface area contributed by atoms with Gasteiger partial charge in [0.2, 0.25) is 5.91 Å². The summed E-state index contributed by atoms with van der Waals surface area (Å²) in [5, 5.41) is 3.24. The number of allylic oxidation sites excluding steroid dienone is 1. The van der Waals surface area contributed by atoms with Gasteiger partial charge >= 0.3 is 0 Å². The maximum atomic E-state index is 11.5. The number of benzene rings is 2. The summed E-state index contributed by atoms with van der Waals surface area (Å²) in [6, 6.07) is 22.4. The van der Waals surface area contributed by atoms with Gasteiger partial charge in [0.05, 0.1) is 0 Å². The summed E-state index contributed by atoms with van der Waals surface area (Å²) in [4.78, 5) is 17.4. The van der Waals surface area contributed by atoms with Gasteiger partial charge in [-0.25, -0.2) is 4.98 Å². The molecule has 0 spiro atoms. The van der Waals surface area contributed by atoms with Crippen LogP contribution in [0.15, 0.2) is 85.1 Å². The summed E-state index contributed by atoms with van der Waals surface area (Å²) in [6.45, 7) is 4.00. The molecule has 3 aromatic rings. The Morgan fingerprint density at radius 1 is 1.00 bits per heavy atom. The zero-order chi connectivity index (χ0) is 25.0. The predicted molar refractivity (Wildman–Crippen MR) is 144 cm³/mol. The number of aromatic nitrogens is 1. The van der Waals surface area contributed by atoms with E-state index in [0.29, 0.717) is 25.5 Å². The minimum absolute atomic E-state index is 0.0233. The Kier molecular flexibility index (Phi) is 9.63. The predicted octanol–water partition coefficient (Wildman–Crippen LogP) is 4.65. The molecular weight excluding hydrogens is 436 g/mol. The van der Waals surface area contributed by atoms with E-state index >= 15 is 0 Å². The SMILES string of the molecule is CCC(=C(c1ccc(OCCNCC=CC(=O)N(C)C)cc1)c1ccc(N)nc1)c1ccccc1. The van der Waals surface area contributed by atoms with Crippen molar-refractivity contribution < 1.29 is 9.53 Å². The van der Waals surface area contributed by atoms with Crippen LogP contribution in [0.4, 0.5) is 5.82 Å². The summed E-state index contributed by atoms with van der Waals surface area (Å²) < 4.78 is 5.89. The number of hydrogen-bond donors (Lipinski definition) is 2. The Balaban J connectivity index is 1.71. The molecule has 3 N–H and O–H groups in total. The van der Waals surface area contributed by atoms with Crippen molar-refractivity contribution in [2.24, 2.45) is 0 Å². The molecule has 0 atom stereocenters. The molecule has 1 heterocycles. The number of nitrogen functional groups attached to an aromatic ring is 1. The van der Waals surface area contributed by atoms with Gasteiger partial charge < -0.3 is 20.7 Å². The van der Waals surface area contributed by atoms with Gasteiger partial charge in [-0.3, -0.25) is 4.79 Å². The molecule has 182 valence electrons. The van der Waals surface area contributed by atoms with E-state index in [2.05, 4.69) is 53.6 Å². The normalized spacial score (nSPS) is 11.9. The van der Waals surface area contributed by atoms with Crippen LogP contribution in [0.2, 0.25) is 0 Å². The Morgan fingerprint density at radius 2 is 1.71 bits per heavy atom. The fraction of sp³-hybridized carbons (Fsp3) is 0.241. The van der Waals surface area contributed by atoms with Crippen molar-refractivity contribution >= 4 is 22.9 Å². The van der Waals surface area contributed by atoms with Crippen LogP contribution in [-0.2, 0) is 4.79 Å². The first-order valence-corrected chi connectivity index (χ1v) is 11.8. The minimum atomic E-state index is -0.0233. The van der Waals surface area contributed by atoms with Crippen LogP contribution >= 0.6 is 0 Å². The molecule has 0 radical (unpaired) electrons. The van der Waals surface area contributed by atoms with E-state index in [1.165, 1.54) is 16.0 Å². The molecule has 6 nitrogen and oxygen atoms in total. The number of pyridine rings is 1. The average Bonchev–Trinajstić information content (AvgIpc) is 2.88. The molecule has 0 saturated heterocycles. The van der Waals surface area contributed by atoms with E-state index in [4.69, 9.17) is 10.5 Å². The lowest BCUT2D eigenvalue weighted by Crippen LogP contribution is -2.22. The van der Waals surface area contributed by atoms with E-state index < -0.39 is 0 Å². The third kappa shape index (κ3) is 7.55. The number of carbonyl (C=O) groups excluding carboxylic acids is 1. The zero-order valence-corrected chi connectivity index (χ0v) is 20.7. The monoisotopic (exact) mass is 470 g/mol. The van der Waals surface area contributed by atoms with Crippen molar-refractivity contribution in [1.29, 1.82) is 0 Å². The fourth-order valence-corrected chi connectivity index (χ4v) is 3.69. The van der Waals surface area contributed by atoms with Crippen molar-refractivity contribution in [2.75, 3.05) is 39.5 Å². The first-order valence-electron chi connectivity index (χ1n) is 11.8. The van der Waals surface area contributed by atoms with E-state index in [-0.39, 0.29) is 5.91 Å². The third-order valence-corrected chi connectivity index (χ3v) is 5.51. The Morgan fingerprint density at radius 3 is 2.34 bits per heavy atom. The Bertz CT molecular complexity index is 1140. The molecule has 0 fully saturated rings. The van der Waals surface area contributed by atoms with Gasteiger partial charge in [0.15, 0.2) is 0 Å². The largest absolute Gasteiger partial charge is 0.492 e. The standard InChI is InChI=1S/C29H34N4O2/c1-4-26(22-9-6-5-7-10-22)29(24-14-17-27(30)32-21-24)23-12-15-25(16-13-23)35-20-19-31-18-8-11-28(34)33(2)3/h5-17,21,31H,4,18-20H2,1-3H3,(H2,30,32). The highest BCUT2D eigenvalue weighted by molar-refractivity contribution is 5.98. The molecule has 6 heteroatoms. The van der Waals surface area contributed by atoms with Crippen molar-refractivity contribution in [3.63, 3.8) is 0 Å². The molecule has 0 aliphatic carbocycles. The summed E-state index contributed by atoms with van der Waals surface area (Å²) in [6.07, 6.45) is 6.09. The summed E-state index contributed by atoms with van der Waals surface area (Å²) >= 11 is 0. The maximum Gasteiger partial charge on any atom is 0.245 e. The lowest BCUT2D eigenvalue weighted by molar-refractivity contribution is -0.123. The third-order valence-electron chi connectivity index (χ3n) is 5.51. The number of ether oxygens (including phenoxy) is 1. The highest BCUT2D eigenvalue weighted by Gasteiger charge is 2.13. The van der Waals surface area contributed by atoms with Crippen molar-refractivity contribution in [2.45, 2.75) is 13.3 Å². The highest BCUT2D eigenvalue weighted by atomic mass is 16.5. The second-order valence-electron chi connectivity index (χ2n) is 8.26. The van der Waals surface area contributed by atoms with E-state index in [1.54, 1.807) is 20.2 Å². The quantitative estimate of drug-likeness (QED) is 0.242. The van der Waals surface area contributed by atoms with Crippen LogP contribution in [0.3, 0.4) is 0 Å². The number of nitrogens with one attached hydrogen (secondary N) is 1. The van der Waals surface area contributed by atoms with Crippen LogP contribution in [0.5, 0.6) is 5.75 Å². The van der Waals surface area contributed by atoms with Gasteiger partial charge in [0.1, 0.15) is 18.2 Å². The van der Waals surface area contributed by atoms with Gasteiger partial charge in [0, 0.05) is 45.0 Å². The molecule has 35 heavy (non-hydrogen) atoms. The van der Waals surface area contributed by atoms with Crippen molar-refractivity contribution in [3.05, 3.63) is 102 Å². The maximum absolute atomic E-state index is 11.5. The topological polar surface area (TPSA) is 80.5 Å². The zero-order valence-electron chi connectivity index (χ0n) is 20.7. The van der Waals surface area contributed by atoms with Crippen molar-refractivity contribution in [3.8, 4) is 5.75 Å². The smallest absolute Gasteiger partial charge is 0.245 e. The van der Waals surface area contributed by atoms with E-state index in [1.807, 2.05) is 42.6 Å². The molecule has 0 aliphatic rings. The van der Waals surface area contributed by atoms with Crippen LogP contribution < -0.4 is 15.8 Å². The molecule has 1 aromatic heterocycles. The molecule has 0 unspecified atom stereocenters. The number of rotatable bonds is 11. The van der Waals surface area contributed by atoms with Crippen molar-refractivity contribution in [1.82, 2.24) is 15.2 Å². The summed E-state index contributed by atoms with van der Waals surface area (Å²) in [5.74, 6) is 1.29. The van der Waals surface area contributed by atoms with Gasteiger partial charge in [-0.1, -0.05) is 55.5 Å². The summed E-state index contributed by atoms with van der Waals surface area (Å²) in [7, 11) is 3.46. The average molecular weight is 471 g/mol. The first kappa shape index (κ1) is 25.7. The number of anilines is 1. The number of amides is 1. The molecular formula is C29H34N4O2. The van der Waals surface area contributed by atoms with Crippen LogP contribution in [0.25, 0.3) is 11.1 Å². The lowest BCUT2D eigenvalue weighted by atomic mass is 9.89. The van der Waals surface area contributed by atoms with Crippen LogP contribution in [0.1, 0.15) is 30.0 Å². The second kappa shape index (κ2) is 13.1.